The smallest absolute Gasteiger partial charge is 0.138 e. The first-order valence-corrected chi connectivity index (χ1v) is 7.08. The van der Waals surface area contributed by atoms with E-state index in [1.54, 1.807) is 0 Å². The Hall–Kier alpha value is -0.410. The van der Waals surface area contributed by atoms with Crippen LogP contribution in [0.25, 0.3) is 0 Å². The van der Waals surface area contributed by atoms with Crippen molar-refractivity contribution in [1.82, 2.24) is 5.32 Å². The molecule has 0 aliphatic carbocycles. The number of rotatable bonds is 4. The summed E-state index contributed by atoms with van der Waals surface area (Å²) in [5, 5.41) is 3.43. The van der Waals surface area contributed by atoms with Gasteiger partial charge in [-0.15, -0.1) is 0 Å². The molecule has 0 aromatic rings. The quantitative estimate of drug-likeness (QED) is 0.815. The molecule has 98 valence electrons. The maximum absolute atomic E-state index is 12.2. The molecule has 0 bridgehead atoms. The Kier molecular flexibility index (Phi) is 4.99. The molecule has 2 saturated heterocycles. The van der Waals surface area contributed by atoms with Crippen molar-refractivity contribution >= 4 is 5.78 Å². The van der Waals surface area contributed by atoms with Crippen molar-refractivity contribution in [3.63, 3.8) is 0 Å². The first-order chi connectivity index (χ1) is 8.27. The highest BCUT2D eigenvalue weighted by molar-refractivity contribution is 5.81. The summed E-state index contributed by atoms with van der Waals surface area (Å²) in [4.78, 5) is 12.2. The molecular formula is C14H25NO2. The molecule has 0 saturated carbocycles. The molecule has 3 heteroatoms. The van der Waals surface area contributed by atoms with E-state index < -0.39 is 0 Å². The van der Waals surface area contributed by atoms with Crippen LogP contribution in [0.3, 0.4) is 0 Å². The molecule has 3 unspecified atom stereocenters. The average Bonchev–Trinajstić information content (AvgIpc) is 2.40. The Morgan fingerprint density at radius 1 is 1.41 bits per heavy atom. The van der Waals surface area contributed by atoms with E-state index in [1.165, 1.54) is 12.8 Å². The van der Waals surface area contributed by atoms with Crippen molar-refractivity contribution in [2.24, 2.45) is 17.8 Å². The Morgan fingerprint density at radius 3 is 2.94 bits per heavy atom. The Balaban J connectivity index is 1.76. The van der Waals surface area contributed by atoms with E-state index in [2.05, 4.69) is 12.2 Å². The molecule has 2 rings (SSSR count). The van der Waals surface area contributed by atoms with Gasteiger partial charge in [-0.2, -0.15) is 0 Å². The summed E-state index contributed by atoms with van der Waals surface area (Å²) in [5.74, 6) is 1.83. The van der Waals surface area contributed by atoms with Gasteiger partial charge in [0.2, 0.25) is 0 Å². The molecule has 2 heterocycles. The minimum atomic E-state index is 0.183. The first-order valence-electron chi connectivity index (χ1n) is 7.08. The maximum atomic E-state index is 12.2. The van der Waals surface area contributed by atoms with E-state index in [0.717, 1.165) is 39.0 Å². The molecule has 2 aliphatic heterocycles. The van der Waals surface area contributed by atoms with Crippen LogP contribution in [0.15, 0.2) is 0 Å². The minimum absolute atomic E-state index is 0.183. The summed E-state index contributed by atoms with van der Waals surface area (Å²) < 4.78 is 5.40. The van der Waals surface area contributed by atoms with E-state index in [0.29, 0.717) is 24.2 Å². The predicted octanol–water partition coefficient (Wildman–Crippen LogP) is 2.01. The van der Waals surface area contributed by atoms with Crippen LogP contribution in [0.5, 0.6) is 0 Å². The van der Waals surface area contributed by atoms with E-state index >= 15 is 0 Å². The van der Waals surface area contributed by atoms with Crippen LogP contribution < -0.4 is 5.32 Å². The molecule has 0 aromatic carbocycles. The maximum Gasteiger partial charge on any atom is 0.138 e. The van der Waals surface area contributed by atoms with Crippen LogP contribution >= 0.6 is 0 Å². The summed E-state index contributed by atoms with van der Waals surface area (Å²) in [6.07, 6.45) is 5.38. The summed E-state index contributed by atoms with van der Waals surface area (Å²) >= 11 is 0. The molecule has 17 heavy (non-hydrogen) atoms. The average molecular weight is 239 g/mol. The third-order valence-corrected chi connectivity index (χ3v) is 4.28. The standard InChI is InChI=1S/C14H25NO2/c1-11(12-4-2-6-15-9-12)8-14(16)13-5-3-7-17-10-13/h11-13,15H,2-10H2,1H3. The van der Waals surface area contributed by atoms with Gasteiger partial charge in [0.05, 0.1) is 6.61 Å². The third-order valence-electron chi connectivity index (χ3n) is 4.28. The number of hydrogen-bond donors (Lipinski definition) is 1. The van der Waals surface area contributed by atoms with Gasteiger partial charge < -0.3 is 10.1 Å². The molecule has 3 nitrogen and oxygen atoms in total. The Labute approximate surface area is 104 Å². The van der Waals surface area contributed by atoms with Crippen LogP contribution in [-0.2, 0) is 9.53 Å². The normalized spacial score (nSPS) is 32.1. The summed E-state index contributed by atoms with van der Waals surface area (Å²) in [5.41, 5.74) is 0. The van der Waals surface area contributed by atoms with Gasteiger partial charge in [0.15, 0.2) is 0 Å². The van der Waals surface area contributed by atoms with Crippen LogP contribution in [0.2, 0.25) is 0 Å². The summed E-state index contributed by atoms with van der Waals surface area (Å²) in [6.45, 7) is 5.98. The zero-order valence-corrected chi connectivity index (χ0v) is 10.9. The van der Waals surface area contributed by atoms with Gasteiger partial charge in [-0.05, 0) is 50.6 Å². The molecule has 0 radical (unpaired) electrons. The number of carbonyl (C=O) groups is 1. The summed E-state index contributed by atoms with van der Waals surface area (Å²) in [6, 6.07) is 0. The van der Waals surface area contributed by atoms with Crippen LogP contribution in [0.4, 0.5) is 0 Å². The fraction of sp³-hybridized carbons (Fsp3) is 0.929. The van der Waals surface area contributed by atoms with Gasteiger partial charge in [0.1, 0.15) is 5.78 Å². The largest absolute Gasteiger partial charge is 0.381 e. The lowest BCUT2D eigenvalue weighted by Gasteiger charge is -2.29. The Bertz CT molecular complexity index is 243. The van der Waals surface area contributed by atoms with Crippen molar-refractivity contribution in [3.8, 4) is 0 Å². The highest BCUT2D eigenvalue weighted by Crippen LogP contribution is 2.25. The van der Waals surface area contributed by atoms with Gasteiger partial charge in [-0.1, -0.05) is 6.92 Å². The zero-order chi connectivity index (χ0) is 12.1. The molecule has 0 amide bonds. The van der Waals surface area contributed by atoms with Crippen molar-refractivity contribution in [2.45, 2.75) is 39.0 Å². The highest BCUT2D eigenvalue weighted by Gasteiger charge is 2.27. The van der Waals surface area contributed by atoms with Crippen LogP contribution in [0.1, 0.15) is 39.0 Å². The number of piperidine rings is 1. The zero-order valence-electron chi connectivity index (χ0n) is 10.9. The minimum Gasteiger partial charge on any atom is -0.381 e. The third kappa shape index (κ3) is 3.78. The molecule has 1 N–H and O–H groups in total. The summed E-state index contributed by atoms with van der Waals surface area (Å²) in [7, 11) is 0. The Morgan fingerprint density at radius 2 is 2.29 bits per heavy atom. The van der Waals surface area contributed by atoms with Crippen LogP contribution in [0, 0.1) is 17.8 Å². The number of ketones is 1. The molecular weight excluding hydrogens is 214 g/mol. The topological polar surface area (TPSA) is 38.3 Å². The molecule has 3 atom stereocenters. The van der Waals surface area contributed by atoms with Crippen molar-refractivity contribution < 1.29 is 9.53 Å². The van der Waals surface area contributed by atoms with E-state index in [4.69, 9.17) is 4.74 Å². The van der Waals surface area contributed by atoms with E-state index in [9.17, 15) is 4.79 Å². The lowest BCUT2D eigenvalue weighted by Crippen LogP contribution is -2.35. The number of carbonyl (C=O) groups excluding carboxylic acids is 1. The monoisotopic (exact) mass is 239 g/mol. The number of ether oxygens (including phenoxy) is 1. The molecule has 2 fully saturated rings. The van der Waals surface area contributed by atoms with Crippen molar-refractivity contribution in [2.75, 3.05) is 26.3 Å². The highest BCUT2D eigenvalue weighted by atomic mass is 16.5. The van der Waals surface area contributed by atoms with E-state index in [1.807, 2.05) is 0 Å². The molecule has 0 spiro atoms. The second-order valence-electron chi connectivity index (χ2n) is 5.67. The number of Topliss-reactive ketones (excluding diaryl/α,β-unsaturated/α-hetero) is 1. The van der Waals surface area contributed by atoms with E-state index in [-0.39, 0.29) is 5.92 Å². The lowest BCUT2D eigenvalue weighted by molar-refractivity contribution is -0.128. The predicted molar refractivity (Wildman–Crippen MR) is 67.9 cm³/mol. The SMILES string of the molecule is CC(CC(=O)C1CCCOC1)C1CCCNC1. The van der Waals surface area contributed by atoms with Gasteiger partial charge in [0.25, 0.3) is 0 Å². The van der Waals surface area contributed by atoms with Gasteiger partial charge in [-0.25, -0.2) is 0 Å². The van der Waals surface area contributed by atoms with Gasteiger partial charge in [0, 0.05) is 18.9 Å². The lowest BCUT2D eigenvalue weighted by atomic mass is 9.81. The second kappa shape index (κ2) is 6.50. The van der Waals surface area contributed by atoms with Gasteiger partial charge in [-0.3, -0.25) is 4.79 Å². The second-order valence-corrected chi connectivity index (χ2v) is 5.67. The fourth-order valence-electron chi connectivity index (χ4n) is 3.01. The fourth-order valence-corrected chi connectivity index (χ4v) is 3.01. The number of nitrogens with one attached hydrogen (secondary N) is 1. The van der Waals surface area contributed by atoms with Crippen molar-refractivity contribution in [1.29, 1.82) is 0 Å². The van der Waals surface area contributed by atoms with Crippen molar-refractivity contribution in [3.05, 3.63) is 0 Å². The number of hydrogen-bond acceptors (Lipinski definition) is 3. The molecule has 0 aromatic heterocycles. The first kappa shape index (κ1) is 13.0. The molecule has 2 aliphatic rings. The van der Waals surface area contributed by atoms with Crippen LogP contribution in [-0.4, -0.2) is 32.1 Å². The van der Waals surface area contributed by atoms with Gasteiger partial charge >= 0.3 is 0 Å².